The van der Waals surface area contributed by atoms with Crippen molar-refractivity contribution in [3.05, 3.63) is 89.9 Å². The number of aromatic nitrogens is 1. The summed E-state index contributed by atoms with van der Waals surface area (Å²) in [5.74, 6) is -0.307. The van der Waals surface area contributed by atoms with E-state index in [2.05, 4.69) is 4.98 Å². The number of carbonyl (C=O) groups excluding carboxylic acids is 1. The van der Waals surface area contributed by atoms with Gasteiger partial charge in [-0.1, -0.05) is 36.4 Å². The molecule has 2 aromatic carbocycles. The van der Waals surface area contributed by atoms with E-state index in [1.165, 1.54) is 12.1 Å². The Morgan fingerprint density at radius 2 is 1.85 bits per heavy atom. The number of morpholine rings is 1. The summed E-state index contributed by atoms with van der Waals surface area (Å²) in [6, 6.07) is 21.2. The third-order valence-corrected chi connectivity index (χ3v) is 4.60. The highest BCUT2D eigenvalue weighted by Gasteiger charge is 2.27. The van der Waals surface area contributed by atoms with E-state index in [0.29, 0.717) is 36.5 Å². The molecule has 0 radical (unpaired) electrons. The Bertz CT molecular complexity index is 946. The van der Waals surface area contributed by atoms with Gasteiger partial charge < -0.3 is 9.64 Å². The third-order valence-electron chi connectivity index (χ3n) is 4.60. The van der Waals surface area contributed by atoms with Gasteiger partial charge in [0.2, 0.25) is 0 Å². The summed E-state index contributed by atoms with van der Waals surface area (Å²) in [7, 11) is 0. The van der Waals surface area contributed by atoms with Crippen LogP contribution in [0.2, 0.25) is 0 Å². The first kappa shape index (κ1) is 17.4. The number of hydrogen-bond acceptors (Lipinski definition) is 3. The van der Waals surface area contributed by atoms with Crippen LogP contribution in [0.3, 0.4) is 0 Å². The van der Waals surface area contributed by atoms with Gasteiger partial charge in [-0.05, 0) is 36.4 Å². The van der Waals surface area contributed by atoms with Crippen LogP contribution in [0.15, 0.2) is 72.8 Å². The van der Waals surface area contributed by atoms with E-state index in [9.17, 15) is 9.18 Å². The van der Waals surface area contributed by atoms with Crippen molar-refractivity contribution in [1.29, 1.82) is 0 Å². The summed E-state index contributed by atoms with van der Waals surface area (Å²) in [6.45, 7) is 1.44. The van der Waals surface area contributed by atoms with E-state index in [1.807, 2.05) is 54.6 Å². The number of halogens is 1. The number of nitrogens with zero attached hydrogens (tertiary/aromatic N) is 2. The molecule has 2 heterocycles. The Kier molecular flexibility index (Phi) is 4.94. The van der Waals surface area contributed by atoms with Crippen molar-refractivity contribution >= 4 is 5.91 Å². The maximum absolute atomic E-state index is 13.5. The van der Waals surface area contributed by atoms with Crippen LogP contribution in [0.4, 0.5) is 4.39 Å². The minimum Gasteiger partial charge on any atom is -0.368 e. The van der Waals surface area contributed by atoms with Crippen LogP contribution in [0.5, 0.6) is 0 Å². The Morgan fingerprint density at radius 1 is 1.04 bits per heavy atom. The average molecular weight is 362 g/mol. The molecule has 0 spiro atoms. The van der Waals surface area contributed by atoms with Crippen molar-refractivity contribution in [2.45, 2.75) is 6.10 Å². The second-order valence-corrected chi connectivity index (χ2v) is 6.43. The molecule has 0 saturated carbocycles. The number of hydrogen-bond donors (Lipinski definition) is 0. The summed E-state index contributed by atoms with van der Waals surface area (Å²) in [4.78, 5) is 19.1. The molecule has 4 nitrogen and oxygen atoms in total. The first-order valence-corrected chi connectivity index (χ1v) is 8.89. The van der Waals surface area contributed by atoms with Crippen LogP contribution in [0.1, 0.15) is 22.2 Å². The second-order valence-electron chi connectivity index (χ2n) is 6.43. The number of pyridine rings is 1. The molecule has 136 valence electrons. The highest BCUT2D eigenvalue weighted by molar-refractivity contribution is 5.94. The predicted octanol–water partition coefficient (Wildman–Crippen LogP) is 4.10. The lowest BCUT2D eigenvalue weighted by molar-refractivity contribution is -0.0246. The Hall–Kier alpha value is -3.05. The molecule has 1 unspecified atom stereocenters. The standard InChI is InChI=1S/C22H19FN2O2/c23-18-9-4-8-17(14-18)19-10-5-11-20(24-19)21-15-25(12-13-27-21)22(26)16-6-2-1-3-7-16/h1-11,14,21H,12-13,15H2. The zero-order valence-electron chi connectivity index (χ0n) is 14.7. The molecule has 0 aliphatic carbocycles. The fourth-order valence-corrected chi connectivity index (χ4v) is 3.22. The summed E-state index contributed by atoms with van der Waals surface area (Å²) in [6.07, 6.45) is -0.306. The summed E-state index contributed by atoms with van der Waals surface area (Å²) in [5.41, 5.74) is 2.80. The first-order valence-electron chi connectivity index (χ1n) is 8.89. The molecular weight excluding hydrogens is 343 g/mol. The fourth-order valence-electron chi connectivity index (χ4n) is 3.22. The summed E-state index contributed by atoms with van der Waals surface area (Å²) in [5, 5.41) is 0. The quantitative estimate of drug-likeness (QED) is 0.704. The van der Waals surface area contributed by atoms with Crippen molar-refractivity contribution < 1.29 is 13.9 Å². The minimum atomic E-state index is -0.306. The molecule has 1 aliphatic heterocycles. The predicted molar refractivity (Wildman–Crippen MR) is 101 cm³/mol. The highest BCUT2D eigenvalue weighted by Crippen LogP contribution is 2.25. The third kappa shape index (κ3) is 3.88. The van der Waals surface area contributed by atoms with Gasteiger partial charge in [0, 0.05) is 17.7 Å². The SMILES string of the molecule is O=C(c1ccccc1)N1CCOC(c2cccc(-c3cccc(F)c3)n2)C1. The Morgan fingerprint density at radius 3 is 2.67 bits per heavy atom. The first-order chi connectivity index (χ1) is 13.2. The molecule has 1 aromatic heterocycles. The lowest BCUT2D eigenvalue weighted by Crippen LogP contribution is -2.42. The van der Waals surface area contributed by atoms with Crippen molar-refractivity contribution in [2.75, 3.05) is 19.7 Å². The Balaban J connectivity index is 1.55. The van der Waals surface area contributed by atoms with Crippen molar-refractivity contribution in [3.8, 4) is 11.3 Å². The van der Waals surface area contributed by atoms with Gasteiger partial charge in [-0.25, -0.2) is 9.37 Å². The van der Waals surface area contributed by atoms with E-state index in [-0.39, 0.29) is 17.8 Å². The molecule has 4 rings (SSSR count). The number of ether oxygens (including phenoxy) is 1. The molecule has 1 aliphatic rings. The molecule has 5 heteroatoms. The molecular formula is C22H19FN2O2. The molecule has 0 N–H and O–H groups in total. The average Bonchev–Trinajstić information content (AvgIpc) is 2.74. The minimum absolute atomic E-state index is 0.00909. The van der Waals surface area contributed by atoms with E-state index in [1.54, 1.807) is 11.0 Å². The largest absolute Gasteiger partial charge is 0.368 e. The van der Waals surface area contributed by atoms with Crippen molar-refractivity contribution in [1.82, 2.24) is 9.88 Å². The van der Waals surface area contributed by atoms with Crippen molar-refractivity contribution in [3.63, 3.8) is 0 Å². The normalized spacial score (nSPS) is 16.9. The van der Waals surface area contributed by atoms with Gasteiger partial charge >= 0.3 is 0 Å². The number of amides is 1. The van der Waals surface area contributed by atoms with Crippen LogP contribution >= 0.6 is 0 Å². The molecule has 27 heavy (non-hydrogen) atoms. The monoisotopic (exact) mass is 362 g/mol. The highest BCUT2D eigenvalue weighted by atomic mass is 19.1. The van der Waals surface area contributed by atoms with Crippen LogP contribution in [-0.4, -0.2) is 35.5 Å². The zero-order chi connectivity index (χ0) is 18.6. The van der Waals surface area contributed by atoms with Crippen molar-refractivity contribution in [2.24, 2.45) is 0 Å². The molecule has 1 atom stereocenters. The van der Waals surface area contributed by atoms with Crippen LogP contribution in [0, 0.1) is 5.82 Å². The van der Waals surface area contributed by atoms with Crippen LogP contribution < -0.4 is 0 Å². The zero-order valence-corrected chi connectivity index (χ0v) is 14.7. The smallest absolute Gasteiger partial charge is 0.254 e. The fraction of sp³-hybridized carbons (Fsp3) is 0.182. The lowest BCUT2D eigenvalue weighted by atomic mass is 10.1. The molecule has 1 amide bonds. The maximum atomic E-state index is 13.5. The lowest BCUT2D eigenvalue weighted by Gasteiger charge is -2.33. The summed E-state index contributed by atoms with van der Waals surface area (Å²) < 4.78 is 19.4. The van der Waals surface area contributed by atoms with E-state index >= 15 is 0 Å². The summed E-state index contributed by atoms with van der Waals surface area (Å²) >= 11 is 0. The topological polar surface area (TPSA) is 42.4 Å². The van der Waals surface area contributed by atoms with Crippen LogP contribution in [0.25, 0.3) is 11.3 Å². The van der Waals surface area contributed by atoms with E-state index in [4.69, 9.17) is 4.74 Å². The van der Waals surface area contributed by atoms with Gasteiger partial charge in [0.1, 0.15) is 11.9 Å². The molecule has 1 fully saturated rings. The van der Waals surface area contributed by atoms with E-state index < -0.39 is 0 Å². The number of benzene rings is 2. The van der Waals surface area contributed by atoms with Gasteiger partial charge in [-0.2, -0.15) is 0 Å². The second kappa shape index (κ2) is 7.68. The number of carbonyl (C=O) groups is 1. The van der Waals surface area contributed by atoms with Gasteiger partial charge in [0.15, 0.2) is 0 Å². The molecule has 1 saturated heterocycles. The maximum Gasteiger partial charge on any atom is 0.254 e. The van der Waals surface area contributed by atoms with Gasteiger partial charge in [-0.15, -0.1) is 0 Å². The molecule has 3 aromatic rings. The van der Waals surface area contributed by atoms with Crippen LogP contribution in [-0.2, 0) is 4.74 Å². The molecule has 0 bridgehead atoms. The van der Waals surface area contributed by atoms with Gasteiger partial charge in [0.25, 0.3) is 5.91 Å². The van der Waals surface area contributed by atoms with Gasteiger partial charge in [-0.3, -0.25) is 4.79 Å². The van der Waals surface area contributed by atoms with E-state index in [0.717, 1.165) is 5.69 Å². The number of rotatable bonds is 3. The van der Waals surface area contributed by atoms with Gasteiger partial charge in [0.05, 0.1) is 24.5 Å². The Labute approximate surface area is 157 Å².